The first kappa shape index (κ1) is 19.4. The topological polar surface area (TPSA) is 66.0 Å². The van der Waals surface area contributed by atoms with Crippen LogP contribution in [0.2, 0.25) is 0 Å². The minimum absolute atomic E-state index is 0.0102. The molecule has 1 aliphatic heterocycles. The molecule has 6 nitrogen and oxygen atoms in total. The fourth-order valence-electron chi connectivity index (χ4n) is 2.45. The van der Waals surface area contributed by atoms with E-state index in [4.69, 9.17) is 14.2 Å². The molecule has 8 heteroatoms. The van der Waals surface area contributed by atoms with Gasteiger partial charge in [0, 0.05) is 18.4 Å². The SMILES string of the molecule is COc1ccc(NC(=O)C(C)OCC2CCCCO2)cc1OC(F)F. The van der Waals surface area contributed by atoms with Gasteiger partial charge in [-0.1, -0.05) is 0 Å². The molecule has 0 saturated carbocycles. The summed E-state index contributed by atoms with van der Waals surface area (Å²) in [6.07, 6.45) is 2.37. The average molecular weight is 359 g/mol. The van der Waals surface area contributed by atoms with Crippen molar-refractivity contribution < 1.29 is 32.5 Å². The van der Waals surface area contributed by atoms with Crippen LogP contribution in [-0.2, 0) is 14.3 Å². The van der Waals surface area contributed by atoms with Gasteiger partial charge in [0.1, 0.15) is 6.10 Å². The molecule has 0 radical (unpaired) electrons. The molecule has 2 rings (SSSR count). The summed E-state index contributed by atoms with van der Waals surface area (Å²) >= 11 is 0. The molecule has 1 amide bonds. The van der Waals surface area contributed by atoms with Crippen LogP contribution in [0.4, 0.5) is 14.5 Å². The number of methoxy groups -OCH3 is 1. The van der Waals surface area contributed by atoms with Gasteiger partial charge < -0.3 is 24.3 Å². The molecule has 1 aliphatic rings. The van der Waals surface area contributed by atoms with Crippen molar-refractivity contribution in [1.29, 1.82) is 0 Å². The number of anilines is 1. The van der Waals surface area contributed by atoms with E-state index >= 15 is 0 Å². The third-order valence-corrected chi connectivity index (χ3v) is 3.82. The Kier molecular flexibility index (Phi) is 7.39. The molecule has 1 heterocycles. The van der Waals surface area contributed by atoms with Crippen molar-refractivity contribution in [1.82, 2.24) is 0 Å². The van der Waals surface area contributed by atoms with Crippen molar-refractivity contribution in [3.63, 3.8) is 0 Å². The van der Waals surface area contributed by atoms with E-state index in [-0.39, 0.29) is 23.5 Å². The Bertz CT molecular complexity index is 564. The smallest absolute Gasteiger partial charge is 0.387 e. The largest absolute Gasteiger partial charge is 0.493 e. The van der Waals surface area contributed by atoms with E-state index < -0.39 is 12.7 Å². The second-order valence-electron chi connectivity index (χ2n) is 5.70. The second-order valence-corrected chi connectivity index (χ2v) is 5.70. The highest BCUT2D eigenvalue weighted by Gasteiger charge is 2.20. The lowest BCUT2D eigenvalue weighted by molar-refractivity contribution is -0.130. The first-order valence-electron chi connectivity index (χ1n) is 8.16. The normalized spacial score (nSPS) is 18.7. The summed E-state index contributed by atoms with van der Waals surface area (Å²) in [7, 11) is 1.34. The number of rotatable bonds is 8. The molecule has 1 fully saturated rings. The van der Waals surface area contributed by atoms with Crippen LogP contribution in [0.3, 0.4) is 0 Å². The van der Waals surface area contributed by atoms with Crippen molar-refractivity contribution in [2.24, 2.45) is 0 Å². The molecule has 0 spiro atoms. The number of ether oxygens (including phenoxy) is 4. The second kappa shape index (κ2) is 9.53. The Morgan fingerprint density at radius 2 is 2.16 bits per heavy atom. The first-order valence-corrected chi connectivity index (χ1v) is 8.16. The number of carbonyl (C=O) groups excluding carboxylic acids is 1. The molecule has 1 aromatic rings. The molecule has 25 heavy (non-hydrogen) atoms. The van der Waals surface area contributed by atoms with Gasteiger partial charge in [-0.2, -0.15) is 8.78 Å². The Morgan fingerprint density at radius 3 is 2.80 bits per heavy atom. The monoisotopic (exact) mass is 359 g/mol. The maximum atomic E-state index is 12.4. The number of alkyl halides is 2. The molecule has 0 bridgehead atoms. The molecule has 1 N–H and O–H groups in total. The van der Waals surface area contributed by atoms with Crippen molar-refractivity contribution in [2.45, 2.75) is 45.0 Å². The maximum absolute atomic E-state index is 12.4. The lowest BCUT2D eigenvalue weighted by Gasteiger charge is -2.24. The molecule has 1 saturated heterocycles. The van der Waals surface area contributed by atoms with Crippen LogP contribution >= 0.6 is 0 Å². The third kappa shape index (κ3) is 6.13. The lowest BCUT2D eigenvalue weighted by Crippen LogP contribution is -2.32. The zero-order valence-corrected chi connectivity index (χ0v) is 14.3. The van der Waals surface area contributed by atoms with Crippen LogP contribution in [0.5, 0.6) is 11.5 Å². The number of hydrogen-bond acceptors (Lipinski definition) is 5. The Hall–Kier alpha value is -1.93. The van der Waals surface area contributed by atoms with Gasteiger partial charge in [0.15, 0.2) is 11.5 Å². The summed E-state index contributed by atoms with van der Waals surface area (Å²) < 4.78 is 45.3. The number of nitrogens with one attached hydrogen (secondary N) is 1. The molecule has 0 aromatic heterocycles. The van der Waals surface area contributed by atoms with Crippen molar-refractivity contribution in [2.75, 3.05) is 25.6 Å². The van der Waals surface area contributed by atoms with Gasteiger partial charge in [-0.05, 0) is 38.3 Å². The van der Waals surface area contributed by atoms with Crippen LogP contribution in [0.15, 0.2) is 18.2 Å². The Labute approximate surface area is 145 Å². The minimum atomic E-state index is -2.99. The third-order valence-electron chi connectivity index (χ3n) is 3.82. The minimum Gasteiger partial charge on any atom is -0.493 e. The van der Waals surface area contributed by atoms with Crippen LogP contribution in [0, 0.1) is 0 Å². The predicted molar refractivity (Wildman–Crippen MR) is 87.3 cm³/mol. The van der Waals surface area contributed by atoms with E-state index in [9.17, 15) is 13.6 Å². The van der Waals surface area contributed by atoms with Crippen molar-refractivity contribution in [3.8, 4) is 11.5 Å². The molecular weight excluding hydrogens is 336 g/mol. The quantitative estimate of drug-likeness (QED) is 0.772. The van der Waals surface area contributed by atoms with Crippen LogP contribution in [0.1, 0.15) is 26.2 Å². The summed E-state index contributed by atoms with van der Waals surface area (Å²) in [4.78, 5) is 12.2. The number of halogens is 2. The summed E-state index contributed by atoms with van der Waals surface area (Å²) in [6.45, 7) is -0.305. The molecule has 2 atom stereocenters. The van der Waals surface area contributed by atoms with Gasteiger partial charge in [0.05, 0.1) is 19.8 Å². The van der Waals surface area contributed by atoms with Crippen LogP contribution in [-0.4, -0.2) is 45.1 Å². The fraction of sp³-hybridized carbons (Fsp3) is 0.588. The summed E-state index contributed by atoms with van der Waals surface area (Å²) in [5.74, 6) is -0.388. The molecular formula is C17H23F2NO5. The number of benzene rings is 1. The summed E-state index contributed by atoms with van der Waals surface area (Å²) in [5, 5.41) is 2.61. The molecule has 2 unspecified atom stereocenters. The van der Waals surface area contributed by atoms with Crippen molar-refractivity contribution >= 4 is 11.6 Å². The van der Waals surface area contributed by atoms with Gasteiger partial charge >= 0.3 is 6.61 Å². The van der Waals surface area contributed by atoms with Gasteiger partial charge in [0.25, 0.3) is 5.91 Å². The first-order chi connectivity index (χ1) is 12.0. The average Bonchev–Trinajstić information content (AvgIpc) is 2.60. The highest BCUT2D eigenvalue weighted by molar-refractivity contribution is 5.94. The highest BCUT2D eigenvalue weighted by Crippen LogP contribution is 2.31. The van der Waals surface area contributed by atoms with E-state index in [1.165, 1.54) is 25.3 Å². The van der Waals surface area contributed by atoms with Gasteiger partial charge in [-0.3, -0.25) is 4.79 Å². The number of hydrogen-bond donors (Lipinski definition) is 1. The fourth-order valence-corrected chi connectivity index (χ4v) is 2.45. The maximum Gasteiger partial charge on any atom is 0.387 e. The van der Waals surface area contributed by atoms with E-state index in [2.05, 4.69) is 10.1 Å². The highest BCUT2D eigenvalue weighted by atomic mass is 19.3. The predicted octanol–water partition coefficient (Wildman–Crippen LogP) is 3.21. The number of amides is 1. The van der Waals surface area contributed by atoms with Crippen LogP contribution in [0.25, 0.3) is 0 Å². The lowest BCUT2D eigenvalue weighted by atomic mass is 10.1. The van der Waals surface area contributed by atoms with E-state index in [1.807, 2.05) is 0 Å². The standard InChI is InChI=1S/C17H23F2NO5/c1-11(24-10-13-5-3-4-8-23-13)16(21)20-12-6-7-14(22-2)15(9-12)25-17(18)19/h6-7,9,11,13,17H,3-5,8,10H2,1-2H3,(H,20,21). The number of carbonyl (C=O) groups is 1. The molecule has 1 aromatic carbocycles. The van der Waals surface area contributed by atoms with E-state index in [0.717, 1.165) is 19.3 Å². The molecule has 0 aliphatic carbocycles. The van der Waals surface area contributed by atoms with Gasteiger partial charge in [-0.15, -0.1) is 0 Å². The van der Waals surface area contributed by atoms with Gasteiger partial charge in [0.2, 0.25) is 0 Å². The summed E-state index contributed by atoms with van der Waals surface area (Å²) in [6, 6.07) is 4.25. The zero-order valence-electron chi connectivity index (χ0n) is 14.3. The van der Waals surface area contributed by atoms with Crippen molar-refractivity contribution in [3.05, 3.63) is 18.2 Å². The molecule has 140 valence electrons. The van der Waals surface area contributed by atoms with Crippen LogP contribution < -0.4 is 14.8 Å². The van der Waals surface area contributed by atoms with Gasteiger partial charge in [-0.25, -0.2) is 0 Å². The Balaban J connectivity index is 1.89. The van der Waals surface area contributed by atoms with E-state index in [0.29, 0.717) is 18.9 Å². The Morgan fingerprint density at radius 1 is 1.36 bits per heavy atom. The summed E-state index contributed by atoms with van der Waals surface area (Å²) in [5.41, 5.74) is 0.311. The van der Waals surface area contributed by atoms with E-state index in [1.54, 1.807) is 6.92 Å². The zero-order chi connectivity index (χ0) is 18.2.